The first-order chi connectivity index (χ1) is 30.1. The van der Waals surface area contributed by atoms with Crippen molar-refractivity contribution < 1.29 is 20.1 Å². The number of carbonyl (C=O) groups excluding carboxylic acids is 1. The quantitative estimate of drug-likeness (QED) is 0.0362. The van der Waals surface area contributed by atoms with Crippen LogP contribution in [-0.2, 0) is 4.79 Å². The molecule has 0 radical (unpaired) electrons. The predicted molar refractivity (Wildman–Crippen MR) is 268 cm³/mol. The van der Waals surface area contributed by atoms with Gasteiger partial charge in [0.2, 0.25) is 5.91 Å². The topological polar surface area (TPSA) is 89.8 Å². The van der Waals surface area contributed by atoms with Crippen LogP contribution in [0, 0.1) is 0 Å². The molecule has 0 aliphatic rings. The molecule has 0 aromatic rings. The third-order valence-corrected chi connectivity index (χ3v) is 12.4. The van der Waals surface area contributed by atoms with Crippen molar-refractivity contribution in [3.8, 4) is 0 Å². The molecule has 4 N–H and O–H groups in total. The van der Waals surface area contributed by atoms with Crippen LogP contribution in [-0.4, -0.2) is 46.1 Å². The van der Waals surface area contributed by atoms with Gasteiger partial charge in [-0.2, -0.15) is 0 Å². The summed E-state index contributed by atoms with van der Waals surface area (Å²) in [6.45, 7) is 4.19. The fourth-order valence-corrected chi connectivity index (χ4v) is 8.17. The van der Waals surface area contributed by atoms with Crippen LogP contribution in [0.1, 0.15) is 277 Å². The zero-order valence-corrected chi connectivity index (χ0v) is 40.8. The molecule has 0 fully saturated rings. The van der Waals surface area contributed by atoms with Crippen molar-refractivity contribution in [1.82, 2.24) is 5.32 Å². The molecule has 0 aromatic carbocycles. The maximum atomic E-state index is 12.5. The van der Waals surface area contributed by atoms with Crippen molar-refractivity contribution in [3.63, 3.8) is 0 Å². The number of hydrogen-bond acceptors (Lipinski definition) is 4. The van der Waals surface area contributed by atoms with Crippen LogP contribution in [0.4, 0.5) is 0 Å². The number of hydrogen-bond donors (Lipinski definition) is 4. The first-order valence-electron chi connectivity index (χ1n) is 27.0. The predicted octanol–water partition coefficient (Wildman–Crippen LogP) is 16.4. The molecular weight excluding hydrogens is 751 g/mol. The van der Waals surface area contributed by atoms with Crippen molar-refractivity contribution in [2.45, 2.75) is 295 Å². The molecule has 0 aromatic heterocycles. The Morgan fingerprint density at radius 1 is 0.410 bits per heavy atom. The number of unbranched alkanes of at least 4 members (excludes halogenated alkanes) is 35. The van der Waals surface area contributed by atoms with Gasteiger partial charge < -0.3 is 20.6 Å². The van der Waals surface area contributed by atoms with Crippen molar-refractivity contribution in [1.29, 1.82) is 0 Å². The molecule has 61 heavy (non-hydrogen) atoms. The summed E-state index contributed by atoms with van der Waals surface area (Å²) in [6, 6.07) is -0.817. The van der Waals surface area contributed by atoms with Crippen LogP contribution in [0.25, 0.3) is 0 Å². The first-order valence-corrected chi connectivity index (χ1v) is 27.0. The minimum absolute atomic E-state index is 0.377. The number of allylic oxidation sites excluding steroid dienone is 7. The van der Waals surface area contributed by atoms with Gasteiger partial charge in [-0.05, 0) is 64.2 Å². The summed E-state index contributed by atoms with van der Waals surface area (Å²) < 4.78 is 0. The highest BCUT2D eigenvalue weighted by molar-refractivity contribution is 5.80. The van der Waals surface area contributed by atoms with Crippen molar-refractivity contribution in [2.24, 2.45) is 0 Å². The van der Waals surface area contributed by atoms with Gasteiger partial charge >= 0.3 is 0 Å². The van der Waals surface area contributed by atoms with E-state index in [0.717, 1.165) is 44.9 Å². The zero-order chi connectivity index (χ0) is 44.4. The van der Waals surface area contributed by atoms with Crippen molar-refractivity contribution >= 4 is 5.91 Å². The Hall–Kier alpha value is -1.69. The van der Waals surface area contributed by atoms with E-state index in [0.29, 0.717) is 6.42 Å². The highest BCUT2D eigenvalue weighted by Crippen LogP contribution is 2.16. The second-order valence-electron chi connectivity index (χ2n) is 18.4. The van der Waals surface area contributed by atoms with Crippen LogP contribution in [0.5, 0.6) is 0 Å². The van der Waals surface area contributed by atoms with Gasteiger partial charge in [0.25, 0.3) is 0 Å². The molecule has 0 rings (SSSR count). The fraction of sp³-hybridized carbons (Fsp3) is 0.839. The Kier molecular flexibility index (Phi) is 49.5. The number of aliphatic hydroxyl groups is 3. The third kappa shape index (κ3) is 46.1. The molecule has 3 unspecified atom stereocenters. The Balaban J connectivity index is 3.62. The molecule has 0 bridgehead atoms. The number of aliphatic hydroxyl groups excluding tert-OH is 3. The van der Waals surface area contributed by atoms with Crippen molar-refractivity contribution in [2.75, 3.05) is 6.61 Å². The van der Waals surface area contributed by atoms with E-state index in [1.54, 1.807) is 6.08 Å². The largest absolute Gasteiger partial charge is 0.394 e. The van der Waals surface area contributed by atoms with E-state index in [1.165, 1.54) is 212 Å². The monoisotopic (exact) mass is 856 g/mol. The summed E-state index contributed by atoms with van der Waals surface area (Å²) in [7, 11) is 0. The molecule has 1 amide bonds. The van der Waals surface area contributed by atoms with Gasteiger partial charge in [-0.15, -0.1) is 0 Å². The lowest BCUT2D eigenvalue weighted by molar-refractivity contribution is -0.131. The SMILES string of the molecule is CCCCCCCCCCC/C=C\C/C=C\CCCCCCCCCCCCCCC(O)C(=O)NC(CO)C(O)/C=C/CC/C=C/CCCCCCCCCCCCCCC. The van der Waals surface area contributed by atoms with E-state index in [2.05, 4.69) is 55.6 Å². The summed E-state index contributed by atoms with van der Waals surface area (Å²) >= 11 is 0. The van der Waals surface area contributed by atoms with Gasteiger partial charge in [-0.1, -0.05) is 262 Å². The maximum Gasteiger partial charge on any atom is 0.249 e. The molecule has 0 aliphatic heterocycles. The smallest absolute Gasteiger partial charge is 0.249 e. The summed E-state index contributed by atoms with van der Waals surface area (Å²) in [5.74, 6) is -0.512. The lowest BCUT2D eigenvalue weighted by Crippen LogP contribution is -2.48. The van der Waals surface area contributed by atoms with E-state index in [1.807, 2.05) is 6.08 Å². The molecule has 3 atom stereocenters. The molecule has 5 heteroatoms. The van der Waals surface area contributed by atoms with E-state index >= 15 is 0 Å². The van der Waals surface area contributed by atoms with Crippen molar-refractivity contribution in [3.05, 3.63) is 48.6 Å². The minimum atomic E-state index is -1.11. The summed E-state index contributed by atoms with van der Waals surface area (Å²) in [5.41, 5.74) is 0. The van der Waals surface area contributed by atoms with Gasteiger partial charge in [-0.25, -0.2) is 0 Å². The molecular formula is C56H105NO4. The van der Waals surface area contributed by atoms with Gasteiger partial charge in [-0.3, -0.25) is 4.79 Å². The van der Waals surface area contributed by atoms with E-state index < -0.39 is 24.2 Å². The van der Waals surface area contributed by atoms with Gasteiger partial charge in [0.1, 0.15) is 6.10 Å². The normalized spacial score (nSPS) is 13.7. The first kappa shape index (κ1) is 59.3. The summed E-state index contributed by atoms with van der Waals surface area (Å²) in [4.78, 5) is 12.5. The number of carbonyl (C=O) groups is 1. The average Bonchev–Trinajstić information content (AvgIpc) is 3.26. The number of rotatable bonds is 49. The summed E-state index contributed by atoms with van der Waals surface area (Å²) in [6.07, 6.45) is 67.5. The summed E-state index contributed by atoms with van der Waals surface area (Å²) in [5, 5.41) is 33.3. The maximum absolute atomic E-state index is 12.5. The van der Waals surface area contributed by atoms with E-state index in [-0.39, 0.29) is 6.61 Å². The fourth-order valence-electron chi connectivity index (χ4n) is 8.17. The van der Waals surface area contributed by atoms with E-state index in [4.69, 9.17) is 0 Å². The Morgan fingerprint density at radius 2 is 0.721 bits per heavy atom. The Morgan fingerprint density at radius 3 is 1.10 bits per heavy atom. The molecule has 0 heterocycles. The van der Waals surface area contributed by atoms with E-state index in [9.17, 15) is 20.1 Å². The van der Waals surface area contributed by atoms with Gasteiger partial charge in [0.05, 0.1) is 18.8 Å². The van der Waals surface area contributed by atoms with Crippen LogP contribution in [0.3, 0.4) is 0 Å². The van der Waals surface area contributed by atoms with Crippen LogP contribution < -0.4 is 5.32 Å². The zero-order valence-electron chi connectivity index (χ0n) is 40.8. The van der Waals surface area contributed by atoms with Crippen LogP contribution in [0.2, 0.25) is 0 Å². The third-order valence-electron chi connectivity index (χ3n) is 12.4. The molecule has 0 aliphatic carbocycles. The minimum Gasteiger partial charge on any atom is -0.394 e. The highest BCUT2D eigenvalue weighted by atomic mass is 16.3. The van der Waals surface area contributed by atoms with Gasteiger partial charge in [0.15, 0.2) is 0 Å². The highest BCUT2D eigenvalue weighted by Gasteiger charge is 2.22. The average molecular weight is 856 g/mol. The standard InChI is InChI=1S/C56H105NO4/c1-3-5-7-9-11-13-15-17-19-21-23-24-25-26-27-28-29-30-31-33-35-37-39-41-43-45-47-49-51-55(60)56(61)57-53(52-58)54(59)50-48-46-44-42-40-38-36-34-32-22-20-18-16-14-12-10-8-6-4-2/h23-24,26-27,40,42,48,50,53-55,58-60H,3-22,25,28-39,41,43-47,49,51-52H2,1-2H3,(H,57,61)/b24-23-,27-26-,42-40+,50-48+. The molecule has 0 saturated carbocycles. The lowest BCUT2D eigenvalue weighted by Gasteiger charge is -2.21. The second-order valence-corrected chi connectivity index (χ2v) is 18.4. The molecule has 5 nitrogen and oxygen atoms in total. The molecule has 0 saturated heterocycles. The lowest BCUT2D eigenvalue weighted by atomic mass is 10.0. The van der Waals surface area contributed by atoms with Crippen LogP contribution in [0.15, 0.2) is 48.6 Å². The molecule has 0 spiro atoms. The Labute approximate surface area is 380 Å². The second kappa shape index (κ2) is 50.9. The number of nitrogens with one attached hydrogen (secondary N) is 1. The molecule has 358 valence electrons. The van der Waals surface area contributed by atoms with Crippen LogP contribution >= 0.6 is 0 Å². The number of amides is 1. The van der Waals surface area contributed by atoms with Gasteiger partial charge in [0, 0.05) is 0 Å². The Bertz CT molecular complexity index is 989.